The van der Waals surface area contributed by atoms with Crippen molar-refractivity contribution in [2.45, 2.75) is 25.2 Å². The second-order valence-corrected chi connectivity index (χ2v) is 6.05. The number of carbonyl (C=O) groups excluding carboxylic acids is 1. The number of ether oxygens (including phenoxy) is 1. The molecule has 1 atom stereocenters. The zero-order chi connectivity index (χ0) is 17.6. The number of rotatable bonds is 5. The lowest BCUT2D eigenvalue weighted by atomic mass is 10.0. The highest BCUT2D eigenvalue weighted by molar-refractivity contribution is 9.10. The van der Waals surface area contributed by atoms with Gasteiger partial charge in [0.2, 0.25) is 0 Å². The molecule has 0 aliphatic heterocycles. The van der Waals surface area contributed by atoms with E-state index in [-0.39, 0.29) is 6.61 Å². The number of alkyl halides is 3. The van der Waals surface area contributed by atoms with Gasteiger partial charge in [-0.1, -0.05) is 58.4 Å². The molecule has 7 heteroatoms. The van der Waals surface area contributed by atoms with Crippen molar-refractivity contribution in [3.8, 4) is 0 Å². The maximum atomic E-state index is 12.8. The van der Waals surface area contributed by atoms with Crippen molar-refractivity contribution >= 4 is 22.0 Å². The van der Waals surface area contributed by atoms with E-state index < -0.39 is 24.7 Å². The van der Waals surface area contributed by atoms with Crippen molar-refractivity contribution < 1.29 is 22.7 Å². The van der Waals surface area contributed by atoms with Crippen LogP contribution in [0, 0.1) is 0 Å². The standard InChI is InChI=1S/C17H15BrF3NO2/c18-14-8-6-13(7-9-14)15(10-17(19,20)21)22-16(23)24-11-12-4-2-1-3-5-12/h1-9,15H,10-11H2,(H,22,23)/t15-/m1/s1. The minimum absolute atomic E-state index is 0.00819. The molecule has 0 fully saturated rings. The minimum atomic E-state index is -4.41. The van der Waals surface area contributed by atoms with Gasteiger partial charge in [-0.15, -0.1) is 0 Å². The summed E-state index contributed by atoms with van der Waals surface area (Å²) in [4.78, 5) is 11.8. The van der Waals surface area contributed by atoms with Crippen LogP contribution in [0.4, 0.5) is 18.0 Å². The van der Waals surface area contributed by atoms with Crippen LogP contribution in [0.1, 0.15) is 23.6 Å². The van der Waals surface area contributed by atoms with E-state index in [0.29, 0.717) is 5.56 Å². The van der Waals surface area contributed by atoms with E-state index in [1.807, 2.05) is 6.07 Å². The quantitative estimate of drug-likeness (QED) is 0.731. The van der Waals surface area contributed by atoms with Gasteiger partial charge in [0, 0.05) is 4.47 Å². The summed E-state index contributed by atoms with van der Waals surface area (Å²) in [5, 5.41) is 2.28. The van der Waals surface area contributed by atoms with Crippen molar-refractivity contribution in [2.24, 2.45) is 0 Å². The Bertz CT molecular complexity index is 660. The Hall–Kier alpha value is -2.02. The number of hydrogen-bond acceptors (Lipinski definition) is 2. The highest BCUT2D eigenvalue weighted by Crippen LogP contribution is 2.30. The Morgan fingerprint density at radius 1 is 1.08 bits per heavy atom. The predicted molar refractivity (Wildman–Crippen MR) is 87.3 cm³/mol. The fraction of sp³-hybridized carbons (Fsp3) is 0.235. The van der Waals surface area contributed by atoms with Crippen LogP contribution in [0.25, 0.3) is 0 Å². The Labute approximate surface area is 146 Å². The van der Waals surface area contributed by atoms with E-state index in [0.717, 1.165) is 10.0 Å². The van der Waals surface area contributed by atoms with Crippen LogP contribution in [-0.2, 0) is 11.3 Å². The number of amides is 1. The van der Waals surface area contributed by atoms with Crippen LogP contribution in [0.15, 0.2) is 59.1 Å². The number of carbonyl (C=O) groups is 1. The lowest BCUT2D eigenvalue weighted by molar-refractivity contribution is -0.140. The molecule has 1 amide bonds. The summed E-state index contributed by atoms with van der Waals surface area (Å²) < 4.78 is 44.0. The molecule has 0 saturated carbocycles. The fourth-order valence-corrected chi connectivity index (χ4v) is 2.35. The Balaban J connectivity index is 2.01. The van der Waals surface area contributed by atoms with Crippen LogP contribution in [0.3, 0.4) is 0 Å². The molecular weight excluding hydrogens is 387 g/mol. The van der Waals surface area contributed by atoms with Crippen LogP contribution in [0.2, 0.25) is 0 Å². The number of hydrogen-bond donors (Lipinski definition) is 1. The maximum Gasteiger partial charge on any atom is 0.407 e. The molecule has 2 aromatic carbocycles. The molecule has 0 aliphatic rings. The summed E-state index contributed by atoms with van der Waals surface area (Å²) in [6, 6.07) is 14.0. The number of halogens is 4. The van der Waals surface area contributed by atoms with Gasteiger partial charge >= 0.3 is 12.3 Å². The Morgan fingerprint density at radius 3 is 2.29 bits per heavy atom. The highest BCUT2D eigenvalue weighted by atomic mass is 79.9. The van der Waals surface area contributed by atoms with Gasteiger partial charge in [0.05, 0.1) is 12.5 Å². The zero-order valence-corrected chi connectivity index (χ0v) is 14.1. The predicted octanol–water partition coefficient (Wildman–Crippen LogP) is 5.37. The first-order chi connectivity index (χ1) is 11.3. The fourth-order valence-electron chi connectivity index (χ4n) is 2.09. The van der Waals surface area contributed by atoms with Crippen molar-refractivity contribution in [3.05, 3.63) is 70.2 Å². The molecule has 0 unspecified atom stereocenters. The van der Waals surface area contributed by atoms with E-state index in [1.165, 1.54) is 12.1 Å². The minimum Gasteiger partial charge on any atom is -0.445 e. The van der Waals surface area contributed by atoms with Crippen LogP contribution in [0.5, 0.6) is 0 Å². The zero-order valence-electron chi connectivity index (χ0n) is 12.5. The van der Waals surface area contributed by atoms with Crippen molar-refractivity contribution in [1.82, 2.24) is 5.32 Å². The molecule has 24 heavy (non-hydrogen) atoms. The summed E-state index contributed by atoms with van der Waals surface area (Å²) in [5.74, 6) is 0. The summed E-state index contributed by atoms with van der Waals surface area (Å²) in [5.41, 5.74) is 1.11. The molecule has 0 bridgehead atoms. The lowest BCUT2D eigenvalue weighted by Crippen LogP contribution is -2.32. The van der Waals surface area contributed by atoms with Gasteiger partial charge in [0.15, 0.2) is 0 Å². The lowest BCUT2D eigenvalue weighted by Gasteiger charge is -2.20. The van der Waals surface area contributed by atoms with Gasteiger partial charge in [-0.2, -0.15) is 13.2 Å². The normalized spacial score (nSPS) is 12.5. The van der Waals surface area contributed by atoms with Gasteiger partial charge in [0.25, 0.3) is 0 Å². The van der Waals surface area contributed by atoms with Gasteiger partial charge in [-0.05, 0) is 23.3 Å². The summed E-state index contributed by atoms with van der Waals surface area (Å²) in [7, 11) is 0. The molecule has 0 spiro atoms. The van der Waals surface area contributed by atoms with E-state index >= 15 is 0 Å². The third-order valence-corrected chi connectivity index (χ3v) is 3.74. The molecule has 0 saturated heterocycles. The highest BCUT2D eigenvalue weighted by Gasteiger charge is 2.33. The van der Waals surface area contributed by atoms with E-state index in [4.69, 9.17) is 4.74 Å². The molecule has 1 N–H and O–H groups in total. The molecule has 2 aromatic rings. The van der Waals surface area contributed by atoms with E-state index in [1.54, 1.807) is 36.4 Å². The maximum absolute atomic E-state index is 12.8. The molecule has 3 nitrogen and oxygen atoms in total. The third kappa shape index (κ3) is 6.23. The largest absolute Gasteiger partial charge is 0.445 e. The SMILES string of the molecule is O=C(N[C@H](CC(F)(F)F)c1ccc(Br)cc1)OCc1ccccc1. The molecular formula is C17H15BrF3NO2. The first-order valence-corrected chi connectivity index (χ1v) is 7.92. The third-order valence-electron chi connectivity index (χ3n) is 3.21. The van der Waals surface area contributed by atoms with Crippen LogP contribution in [-0.4, -0.2) is 12.3 Å². The van der Waals surface area contributed by atoms with Crippen molar-refractivity contribution in [2.75, 3.05) is 0 Å². The molecule has 0 aliphatic carbocycles. The van der Waals surface area contributed by atoms with E-state index in [9.17, 15) is 18.0 Å². The number of alkyl carbamates (subject to hydrolysis) is 1. The molecule has 128 valence electrons. The van der Waals surface area contributed by atoms with Crippen molar-refractivity contribution in [3.63, 3.8) is 0 Å². The number of benzene rings is 2. The second-order valence-electron chi connectivity index (χ2n) is 5.13. The molecule has 0 heterocycles. The van der Waals surface area contributed by atoms with Crippen molar-refractivity contribution in [1.29, 1.82) is 0 Å². The average Bonchev–Trinajstić information content (AvgIpc) is 2.53. The van der Waals surface area contributed by atoms with E-state index in [2.05, 4.69) is 21.2 Å². The summed E-state index contributed by atoms with van der Waals surface area (Å²) >= 11 is 3.22. The Kier molecular flexibility index (Phi) is 6.25. The molecule has 2 rings (SSSR count). The first-order valence-electron chi connectivity index (χ1n) is 7.13. The average molecular weight is 402 g/mol. The summed E-state index contributed by atoms with van der Waals surface area (Å²) in [6.45, 7) is -0.00819. The second kappa shape index (κ2) is 8.19. The van der Waals surface area contributed by atoms with Crippen LogP contribution >= 0.6 is 15.9 Å². The summed E-state index contributed by atoms with van der Waals surface area (Å²) in [6.07, 6.45) is -6.48. The van der Waals surface area contributed by atoms with Gasteiger partial charge < -0.3 is 10.1 Å². The molecule has 0 radical (unpaired) electrons. The van der Waals surface area contributed by atoms with Gasteiger partial charge in [-0.25, -0.2) is 4.79 Å². The van der Waals surface area contributed by atoms with Gasteiger partial charge in [-0.3, -0.25) is 0 Å². The topological polar surface area (TPSA) is 38.3 Å². The number of nitrogens with one attached hydrogen (secondary N) is 1. The molecule has 0 aromatic heterocycles. The smallest absolute Gasteiger partial charge is 0.407 e. The first kappa shape index (κ1) is 18.3. The van der Waals surface area contributed by atoms with Crippen LogP contribution < -0.4 is 5.32 Å². The Morgan fingerprint density at radius 2 is 1.71 bits per heavy atom. The van der Waals surface area contributed by atoms with Gasteiger partial charge in [0.1, 0.15) is 6.61 Å². The monoisotopic (exact) mass is 401 g/mol.